The molecule has 0 aliphatic rings. The monoisotopic (exact) mass is 629 g/mol. The third kappa shape index (κ3) is 13.3. The normalized spacial score (nSPS) is 13.9. The Hall–Kier alpha value is -4.65. The van der Waals surface area contributed by atoms with E-state index in [1.54, 1.807) is 81.4 Å². The number of ether oxygens (including phenoxy) is 3. The van der Waals surface area contributed by atoms with Gasteiger partial charge in [-0.1, -0.05) is 60.7 Å². The SMILES string of the molecule is CC(C)(C)OC(=O)CN(CC[C@](C)(NC(=O)OCc1ccccc1)C(=O)O)CC[C@](C)(NC(=O)OCc1ccccc1)C(=O)O. The van der Waals surface area contributed by atoms with E-state index in [4.69, 9.17) is 14.2 Å². The van der Waals surface area contributed by atoms with Crippen LogP contribution in [-0.2, 0) is 41.8 Å². The number of hydrogen-bond acceptors (Lipinski definition) is 9. The summed E-state index contributed by atoms with van der Waals surface area (Å²) in [5.74, 6) is -3.30. The zero-order valence-electron chi connectivity index (χ0n) is 26.3. The average Bonchev–Trinajstić information content (AvgIpc) is 2.96. The van der Waals surface area contributed by atoms with Crippen LogP contribution in [0.1, 0.15) is 58.6 Å². The van der Waals surface area contributed by atoms with E-state index in [9.17, 15) is 34.2 Å². The van der Waals surface area contributed by atoms with Crippen LogP contribution < -0.4 is 10.6 Å². The number of esters is 1. The van der Waals surface area contributed by atoms with Gasteiger partial charge >= 0.3 is 30.1 Å². The second-order valence-electron chi connectivity index (χ2n) is 12.0. The van der Waals surface area contributed by atoms with Crippen molar-refractivity contribution in [2.24, 2.45) is 0 Å². The first-order valence-corrected chi connectivity index (χ1v) is 14.4. The third-order valence-corrected chi connectivity index (χ3v) is 6.75. The van der Waals surface area contributed by atoms with Gasteiger partial charge < -0.3 is 35.1 Å². The Morgan fingerprint density at radius 3 is 1.38 bits per heavy atom. The van der Waals surface area contributed by atoms with Gasteiger partial charge in [-0.05, 0) is 58.6 Å². The molecule has 0 saturated carbocycles. The van der Waals surface area contributed by atoms with Crippen molar-refractivity contribution in [3.63, 3.8) is 0 Å². The van der Waals surface area contributed by atoms with Gasteiger partial charge in [-0.25, -0.2) is 19.2 Å². The summed E-state index contributed by atoms with van der Waals surface area (Å²) in [4.78, 5) is 63.6. The number of nitrogens with one attached hydrogen (secondary N) is 2. The molecule has 0 bridgehead atoms. The van der Waals surface area contributed by atoms with E-state index in [1.165, 1.54) is 18.7 Å². The summed E-state index contributed by atoms with van der Waals surface area (Å²) in [7, 11) is 0. The first-order valence-electron chi connectivity index (χ1n) is 14.4. The lowest BCUT2D eigenvalue weighted by molar-refractivity contribution is -0.156. The lowest BCUT2D eigenvalue weighted by Gasteiger charge is -2.32. The molecule has 0 radical (unpaired) electrons. The third-order valence-electron chi connectivity index (χ3n) is 6.75. The lowest BCUT2D eigenvalue weighted by Crippen LogP contribution is -2.55. The summed E-state index contributed by atoms with van der Waals surface area (Å²) >= 11 is 0. The van der Waals surface area contributed by atoms with Gasteiger partial charge in [-0.2, -0.15) is 0 Å². The quantitative estimate of drug-likeness (QED) is 0.156. The number of alkyl carbamates (subject to hydrolysis) is 2. The molecule has 13 nitrogen and oxygen atoms in total. The van der Waals surface area contributed by atoms with Gasteiger partial charge in [0.25, 0.3) is 0 Å². The summed E-state index contributed by atoms with van der Waals surface area (Å²) in [5, 5.41) is 24.7. The number of carbonyl (C=O) groups excluding carboxylic acids is 3. The number of benzene rings is 2. The molecule has 0 aliphatic carbocycles. The summed E-state index contributed by atoms with van der Waals surface area (Å²) in [6.07, 6.45) is -2.25. The number of carboxylic acid groups (broad SMARTS) is 2. The highest BCUT2D eigenvalue weighted by Gasteiger charge is 2.38. The molecule has 0 aromatic heterocycles. The molecule has 0 unspecified atom stereocenters. The lowest BCUT2D eigenvalue weighted by atomic mass is 9.96. The van der Waals surface area contributed by atoms with E-state index in [0.29, 0.717) is 11.1 Å². The molecule has 2 amide bonds. The van der Waals surface area contributed by atoms with E-state index in [1.807, 2.05) is 0 Å². The smallest absolute Gasteiger partial charge is 0.408 e. The fourth-order valence-electron chi connectivity index (χ4n) is 4.00. The Labute approximate surface area is 262 Å². The Bertz CT molecular complexity index is 1210. The van der Waals surface area contributed by atoms with Crippen molar-refractivity contribution in [1.29, 1.82) is 0 Å². The second kappa shape index (κ2) is 16.4. The molecule has 4 N–H and O–H groups in total. The first-order chi connectivity index (χ1) is 21.0. The molecule has 246 valence electrons. The van der Waals surface area contributed by atoms with Crippen LogP contribution in [0.4, 0.5) is 9.59 Å². The predicted octanol–water partition coefficient (Wildman–Crippen LogP) is 3.95. The zero-order valence-corrected chi connectivity index (χ0v) is 26.3. The summed E-state index contributed by atoms with van der Waals surface area (Å²) in [5.41, 5.74) is -2.97. The van der Waals surface area contributed by atoms with Gasteiger partial charge in [0.1, 0.15) is 29.9 Å². The van der Waals surface area contributed by atoms with Gasteiger partial charge in [0.15, 0.2) is 0 Å². The number of amides is 2. The first kappa shape index (κ1) is 36.5. The number of nitrogens with zero attached hydrogens (tertiary/aromatic N) is 1. The number of carbonyl (C=O) groups is 5. The fraction of sp³-hybridized carbons (Fsp3) is 0.469. The maximum Gasteiger partial charge on any atom is 0.408 e. The maximum atomic E-state index is 12.7. The summed E-state index contributed by atoms with van der Waals surface area (Å²) < 4.78 is 15.8. The molecule has 2 aromatic carbocycles. The van der Waals surface area contributed by atoms with Gasteiger partial charge in [0, 0.05) is 13.1 Å². The molecule has 0 spiro atoms. The molecule has 0 saturated heterocycles. The molecular weight excluding hydrogens is 586 g/mol. The van der Waals surface area contributed by atoms with E-state index in [-0.39, 0.29) is 45.7 Å². The number of carboxylic acids is 2. The minimum Gasteiger partial charge on any atom is -0.480 e. The molecule has 2 atom stereocenters. The van der Waals surface area contributed by atoms with E-state index in [0.717, 1.165) is 0 Å². The van der Waals surface area contributed by atoms with Crippen molar-refractivity contribution in [3.8, 4) is 0 Å². The van der Waals surface area contributed by atoms with Crippen LogP contribution in [-0.4, -0.2) is 81.5 Å². The second-order valence-corrected chi connectivity index (χ2v) is 12.0. The van der Waals surface area contributed by atoms with Crippen molar-refractivity contribution >= 4 is 30.1 Å². The van der Waals surface area contributed by atoms with Crippen molar-refractivity contribution in [2.45, 2.75) is 77.4 Å². The van der Waals surface area contributed by atoms with Crippen LogP contribution in [0.15, 0.2) is 60.7 Å². The average molecular weight is 630 g/mol. The molecular formula is C32H43N3O10. The van der Waals surface area contributed by atoms with Crippen molar-refractivity contribution in [2.75, 3.05) is 19.6 Å². The van der Waals surface area contributed by atoms with Crippen molar-refractivity contribution in [1.82, 2.24) is 15.5 Å². The topological polar surface area (TPSA) is 181 Å². The number of hydrogen-bond donors (Lipinski definition) is 4. The zero-order chi connectivity index (χ0) is 33.7. The van der Waals surface area contributed by atoms with Crippen molar-refractivity contribution < 1.29 is 48.4 Å². The van der Waals surface area contributed by atoms with Gasteiger partial charge in [-0.3, -0.25) is 9.69 Å². The van der Waals surface area contributed by atoms with E-state index >= 15 is 0 Å². The molecule has 13 heteroatoms. The highest BCUT2D eigenvalue weighted by molar-refractivity contribution is 5.84. The molecule has 0 aliphatic heterocycles. The maximum absolute atomic E-state index is 12.7. The van der Waals surface area contributed by atoms with Gasteiger partial charge in [-0.15, -0.1) is 0 Å². The largest absolute Gasteiger partial charge is 0.480 e. The van der Waals surface area contributed by atoms with E-state index < -0.39 is 46.8 Å². The van der Waals surface area contributed by atoms with Gasteiger partial charge in [0.2, 0.25) is 0 Å². The Kier molecular flexibility index (Phi) is 13.3. The Morgan fingerprint density at radius 1 is 0.667 bits per heavy atom. The molecule has 45 heavy (non-hydrogen) atoms. The minimum atomic E-state index is -1.80. The fourth-order valence-corrected chi connectivity index (χ4v) is 4.00. The molecule has 0 heterocycles. The van der Waals surface area contributed by atoms with Crippen LogP contribution in [0.5, 0.6) is 0 Å². The number of aliphatic carboxylic acids is 2. The molecule has 2 rings (SSSR count). The van der Waals surface area contributed by atoms with Crippen LogP contribution >= 0.6 is 0 Å². The molecule has 2 aromatic rings. The summed E-state index contributed by atoms with van der Waals surface area (Å²) in [6, 6.07) is 17.7. The van der Waals surface area contributed by atoms with Crippen LogP contribution in [0.3, 0.4) is 0 Å². The van der Waals surface area contributed by atoms with E-state index in [2.05, 4.69) is 10.6 Å². The van der Waals surface area contributed by atoms with Crippen LogP contribution in [0.2, 0.25) is 0 Å². The van der Waals surface area contributed by atoms with Crippen molar-refractivity contribution in [3.05, 3.63) is 71.8 Å². The molecule has 0 fully saturated rings. The summed E-state index contributed by atoms with van der Waals surface area (Å²) in [6.45, 7) is 7.11. The standard InChI is InChI=1S/C32H43N3O10/c1-30(2,3)45-25(36)20-35(18-16-31(4,26(37)38)33-28(41)43-21-23-12-8-6-9-13-23)19-17-32(5,27(39)40)34-29(42)44-22-24-14-10-7-11-15-24/h6-15H,16-22H2,1-5H3,(H,33,41)(H,34,42)(H,37,38)(H,39,40)/t31-,32-/m0/s1. The van der Waals surface area contributed by atoms with Crippen LogP contribution in [0, 0.1) is 0 Å². The predicted molar refractivity (Wildman–Crippen MR) is 163 cm³/mol. The highest BCUT2D eigenvalue weighted by Crippen LogP contribution is 2.17. The highest BCUT2D eigenvalue weighted by atomic mass is 16.6. The Balaban J connectivity index is 2.11. The minimum absolute atomic E-state index is 0.0604. The van der Waals surface area contributed by atoms with Crippen LogP contribution in [0.25, 0.3) is 0 Å². The Morgan fingerprint density at radius 2 is 1.04 bits per heavy atom. The van der Waals surface area contributed by atoms with Gasteiger partial charge in [0.05, 0.1) is 6.54 Å². The number of rotatable bonds is 16.